The number of esters is 1. The van der Waals surface area contributed by atoms with Gasteiger partial charge in [-0.15, -0.1) is 11.8 Å². The van der Waals surface area contributed by atoms with Crippen LogP contribution < -0.4 is 10.6 Å². The Morgan fingerprint density at radius 3 is 2.53 bits per heavy atom. The molecule has 0 aliphatic rings. The van der Waals surface area contributed by atoms with Crippen molar-refractivity contribution in [1.82, 2.24) is 8.75 Å². The number of carbonyl (C=O) groups excluding carboxylic acids is 3. The number of benzene rings is 3. The van der Waals surface area contributed by atoms with E-state index in [0.29, 0.717) is 27.3 Å². The molecule has 0 bridgehead atoms. The van der Waals surface area contributed by atoms with Crippen LogP contribution in [0.1, 0.15) is 10.4 Å². The van der Waals surface area contributed by atoms with E-state index in [2.05, 4.69) is 19.4 Å². The molecule has 0 atom stereocenters. The molecule has 0 saturated heterocycles. The summed E-state index contributed by atoms with van der Waals surface area (Å²) in [5, 5.41) is 5.32. The van der Waals surface area contributed by atoms with Gasteiger partial charge in [0.2, 0.25) is 5.91 Å². The number of amides is 2. The number of fused-ring (bicyclic) bond motifs is 1. The average Bonchev–Trinajstić information content (AvgIpc) is 3.33. The third-order valence-corrected chi connectivity index (χ3v) is 6.10. The molecule has 1 heterocycles. The van der Waals surface area contributed by atoms with Gasteiger partial charge in [0.1, 0.15) is 16.9 Å². The maximum absolute atomic E-state index is 13.0. The van der Waals surface area contributed by atoms with Crippen LogP contribution in [0, 0.1) is 5.82 Å². The molecule has 0 spiro atoms. The van der Waals surface area contributed by atoms with Gasteiger partial charge in [0.05, 0.1) is 28.7 Å². The highest BCUT2D eigenvalue weighted by atomic mass is 32.2. The van der Waals surface area contributed by atoms with Crippen molar-refractivity contribution in [1.29, 1.82) is 0 Å². The van der Waals surface area contributed by atoms with Crippen LogP contribution in [0.2, 0.25) is 0 Å². The predicted octanol–water partition coefficient (Wildman–Crippen LogP) is 4.36. The third-order valence-electron chi connectivity index (χ3n) is 4.49. The van der Waals surface area contributed by atoms with Crippen LogP contribution in [0.15, 0.2) is 71.6 Å². The van der Waals surface area contributed by atoms with E-state index in [1.807, 2.05) is 0 Å². The molecule has 0 aliphatic carbocycles. The van der Waals surface area contributed by atoms with Crippen molar-refractivity contribution in [3.8, 4) is 0 Å². The van der Waals surface area contributed by atoms with Gasteiger partial charge in [-0.1, -0.05) is 18.2 Å². The van der Waals surface area contributed by atoms with Gasteiger partial charge in [-0.05, 0) is 48.5 Å². The van der Waals surface area contributed by atoms with Gasteiger partial charge in [0.15, 0.2) is 6.61 Å². The van der Waals surface area contributed by atoms with Gasteiger partial charge in [0, 0.05) is 10.6 Å². The first-order valence-corrected chi connectivity index (χ1v) is 11.7. The lowest BCUT2D eigenvalue weighted by atomic mass is 10.2. The molecule has 0 fully saturated rings. The van der Waals surface area contributed by atoms with E-state index in [0.717, 1.165) is 23.5 Å². The topological polar surface area (TPSA) is 110 Å². The fourth-order valence-electron chi connectivity index (χ4n) is 2.94. The molecular weight excluding hydrogens is 479 g/mol. The molecule has 172 valence electrons. The number of nitrogens with one attached hydrogen (secondary N) is 2. The number of thioether (sulfide) groups is 1. The largest absolute Gasteiger partial charge is 0.452 e. The molecule has 0 saturated carbocycles. The van der Waals surface area contributed by atoms with E-state index in [9.17, 15) is 18.8 Å². The summed E-state index contributed by atoms with van der Waals surface area (Å²) in [5.74, 6) is -1.90. The Morgan fingerprint density at radius 2 is 1.71 bits per heavy atom. The number of anilines is 2. The van der Waals surface area contributed by atoms with Crippen molar-refractivity contribution in [2.75, 3.05) is 23.0 Å². The van der Waals surface area contributed by atoms with E-state index < -0.39 is 24.3 Å². The highest BCUT2D eigenvalue weighted by Gasteiger charge is 2.16. The van der Waals surface area contributed by atoms with Crippen LogP contribution in [-0.4, -0.2) is 38.9 Å². The SMILES string of the molecule is O=C(CSc1ccccc1C(=O)OCC(=O)Nc1cccc2nsnc12)Nc1ccc(F)cc1. The van der Waals surface area contributed by atoms with Crippen molar-refractivity contribution in [2.45, 2.75) is 4.90 Å². The number of rotatable bonds is 8. The van der Waals surface area contributed by atoms with Crippen LogP contribution in [0.3, 0.4) is 0 Å². The van der Waals surface area contributed by atoms with Crippen LogP contribution in [-0.2, 0) is 14.3 Å². The second-order valence-corrected chi connectivity index (χ2v) is 8.45. The Labute approximate surface area is 201 Å². The monoisotopic (exact) mass is 496 g/mol. The standard InChI is InChI=1S/C23H17FN4O4S2/c24-14-8-10-15(11-9-14)25-21(30)13-33-19-7-2-1-4-16(19)23(31)32-12-20(29)26-17-5-3-6-18-22(17)28-34-27-18/h1-11H,12-13H2,(H,25,30)(H,26,29). The summed E-state index contributed by atoms with van der Waals surface area (Å²) in [5.41, 5.74) is 2.41. The molecule has 0 aliphatic heterocycles. The van der Waals surface area contributed by atoms with E-state index in [-0.39, 0.29) is 17.2 Å². The summed E-state index contributed by atoms with van der Waals surface area (Å²) >= 11 is 2.18. The summed E-state index contributed by atoms with van der Waals surface area (Å²) in [6.45, 7) is -0.489. The Hall–Kier alpha value is -3.83. The van der Waals surface area contributed by atoms with Crippen LogP contribution in [0.4, 0.5) is 15.8 Å². The number of hydrogen-bond donors (Lipinski definition) is 2. The average molecular weight is 497 g/mol. The van der Waals surface area contributed by atoms with Gasteiger partial charge in [-0.3, -0.25) is 9.59 Å². The predicted molar refractivity (Wildman–Crippen MR) is 129 cm³/mol. The van der Waals surface area contributed by atoms with Crippen molar-refractivity contribution in [2.24, 2.45) is 0 Å². The molecule has 0 radical (unpaired) electrons. The van der Waals surface area contributed by atoms with E-state index in [1.165, 1.54) is 24.3 Å². The first kappa shape index (κ1) is 23.3. The minimum absolute atomic E-state index is 0.0217. The number of carbonyl (C=O) groups is 3. The van der Waals surface area contributed by atoms with Crippen molar-refractivity contribution in [3.63, 3.8) is 0 Å². The molecule has 2 N–H and O–H groups in total. The second kappa shape index (κ2) is 10.9. The van der Waals surface area contributed by atoms with Gasteiger partial charge in [0.25, 0.3) is 5.91 Å². The minimum Gasteiger partial charge on any atom is -0.452 e. The Bertz CT molecular complexity index is 1340. The molecule has 4 aromatic rings. The zero-order valence-corrected chi connectivity index (χ0v) is 19.1. The van der Waals surface area contributed by atoms with E-state index in [4.69, 9.17) is 4.74 Å². The van der Waals surface area contributed by atoms with Gasteiger partial charge < -0.3 is 15.4 Å². The van der Waals surface area contributed by atoms with Crippen molar-refractivity contribution < 1.29 is 23.5 Å². The van der Waals surface area contributed by atoms with Crippen LogP contribution in [0.5, 0.6) is 0 Å². The summed E-state index contributed by atoms with van der Waals surface area (Å²) in [6.07, 6.45) is 0. The summed E-state index contributed by atoms with van der Waals surface area (Å²) in [4.78, 5) is 37.6. The molecule has 2 amide bonds. The summed E-state index contributed by atoms with van der Waals surface area (Å²) in [7, 11) is 0. The normalized spacial score (nSPS) is 10.6. The number of aromatic nitrogens is 2. The second-order valence-electron chi connectivity index (χ2n) is 6.90. The van der Waals surface area contributed by atoms with Crippen LogP contribution in [0.25, 0.3) is 11.0 Å². The molecule has 1 aromatic heterocycles. The molecule has 8 nitrogen and oxygen atoms in total. The smallest absolute Gasteiger partial charge is 0.339 e. The fraction of sp³-hybridized carbons (Fsp3) is 0.0870. The number of halogens is 1. The van der Waals surface area contributed by atoms with Gasteiger partial charge >= 0.3 is 5.97 Å². The quantitative estimate of drug-likeness (QED) is 0.276. The molecular formula is C23H17FN4O4S2. The fourth-order valence-corrected chi connectivity index (χ4v) is 4.33. The molecule has 11 heteroatoms. The molecule has 0 unspecified atom stereocenters. The van der Waals surface area contributed by atoms with Crippen LogP contribution >= 0.6 is 23.5 Å². The molecule has 34 heavy (non-hydrogen) atoms. The number of ether oxygens (including phenoxy) is 1. The van der Waals surface area contributed by atoms with E-state index in [1.54, 1.807) is 42.5 Å². The Balaban J connectivity index is 1.32. The summed E-state index contributed by atoms with van der Waals surface area (Å²) in [6, 6.07) is 17.3. The maximum atomic E-state index is 13.0. The van der Waals surface area contributed by atoms with Gasteiger partial charge in [-0.2, -0.15) is 8.75 Å². The first-order valence-electron chi connectivity index (χ1n) is 9.95. The zero-order valence-electron chi connectivity index (χ0n) is 17.5. The Kier molecular flexibility index (Phi) is 7.45. The lowest BCUT2D eigenvalue weighted by molar-refractivity contribution is -0.119. The molecule has 3 aromatic carbocycles. The van der Waals surface area contributed by atoms with E-state index >= 15 is 0 Å². The highest BCUT2D eigenvalue weighted by molar-refractivity contribution is 8.00. The summed E-state index contributed by atoms with van der Waals surface area (Å²) < 4.78 is 26.4. The third kappa shape index (κ3) is 5.94. The first-order chi connectivity index (χ1) is 16.5. The lowest BCUT2D eigenvalue weighted by Crippen LogP contribution is -2.21. The van der Waals surface area contributed by atoms with Crippen molar-refractivity contribution in [3.05, 3.63) is 78.1 Å². The van der Waals surface area contributed by atoms with Crippen molar-refractivity contribution >= 4 is 63.7 Å². The highest BCUT2D eigenvalue weighted by Crippen LogP contribution is 2.24. The number of hydrogen-bond acceptors (Lipinski definition) is 8. The number of nitrogens with zero attached hydrogens (tertiary/aromatic N) is 2. The zero-order chi connectivity index (χ0) is 23.9. The van der Waals surface area contributed by atoms with Gasteiger partial charge in [-0.25, -0.2) is 9.18 Å². The minimum atomic E-state index is -0.689. The maximum Gasteiger partial charge on any atom is 0.339 e. The Morgan fingerprint density at radius 1 is 0.912 bits per heavy atom. The lowest BCUT2D eigenvalue weighted by Gasteiger charge is -2.10. The molecule has 4 rings (SSSR count).